The van der Waals surface area contributed by atoms with Gasteiger partial charge in [0, 0.05) is 16.7 Å². The highest BCUT2D eigenvalue weighted by Crippen LogP contribution is 2.53. The molecule has 0 bridgehead atoms. The molecule has 3 nitrogen and oxygen atoms in total. The smallest absolute Gasteiger partial charge is 0.382 e. The average molecular weight is 495 g/mol. The molecule has 35 heavy (non-hydrogen) atoms. The predicted molar refractivity (Wildman–Crippen MR) is 148 cm³/mol. The lowest BCUT2D eigenvalue weighted by atomic mass is 10.3. The SMILES string of the molecule is O[P+](Oc1cccc(OP(c2ccccc2)c2ccccc2)c1)(c1ccccc1)c1ccccc1. The molecule has 0 aliphatic rings. The van der Waals surface area contributed by atoms with Gasteiger partial charge in [-0.25, -0.2) is 4.89 Å². The third-order valence-corrected chi connectivity index (χ3v) is 9.83. The molecule has 0 radical (unpaired) electrons. The zero-order chi connectivity index (χ0) is 23.9. The van der Waals surface area contributed by atoms with E-state index >= 15 is 0 Å². The highest BCUT2D eigenvalue weighted by atomic mass is 31.2. The summed E-state index contributed by atoms with van der Waals surface area (Å²) < 4.78 is 13.0. The van der Waals surface area contributed by atoms with Gasteiger partial charge in [0.25, 0.3) is 0 Å². The molecule has 0 aromatic heterocycles. The molecule has 0 atom stereocenters. The third-order valence-electron chi connectivity index (χ3n) is 5.43. The summed E-state index contributed by atoms with van der Waals surface area (Å²) in [4.78, 5) is 11.9. The summed E-state index contributed by atoms with van der Waals surface area (Å²) in [6, 6.07) is 47.2. The minimum atomic E-state index is -3.12. The Labute approximate surface area is 208 Å². The van der Waals surface area contributed by atoms with E-state index in [0.717, 1.165) is 21.2 Å². The van der Waals surface area contributed by atoms with Gasteiger partial charge in [0.15, 0.2) is 24.5 Å². The van der Waals surface area contributed by atoms with Crippen LogP contribution >= 0.6 is 15.9 Å². The van der Waals surface area contributed by atoms with Crippen LogP contribution < -0.4 is 30.3 Å². The summed E-state index contributed by atoms with van der Waals surface area (Å²) in [5, 5.41) is 3.76. The number of hydrogen-bond acceptors (Lipinski definition) is 3. The second-order valence-electron chi connectivity index (χ2n) is 7.87. The number of hydrogen-bond donors (Lipinski definition) is 1. The van der Waals surface area contributed by atoms with Crippen LogP contribution in [0.25, 0.3) is 0 Å². The van der Waals surface area contributed by atoms with Gasteiger partial charge < -0.3 is 9.05 Å². The van der Waals surface area contributed by atoms with Crippen LogP contribution in [0.3, 0.4) is 0 Å². The molecule has 1 N–H and O–H groups in total. The Morgan fingerprint density at radius 2 is 0.914 bits per heavy atom. The van der Waals surface area contributed by atoms with E-state index in [1.807, 2.05) is 121 Å². The summed E-state index contributed by atoms with van der Waals surface area (Å²) in [6.07, 6.45) is 0. The van der Waals surface area contributed by atoms with Crippen LogP contribution in [0.1, 0.15) is 0 Å². The molecule has 172 valence electrons. The van der Waals surface area contributed by atoms with Crippen molar-refractivity contribution in [3.63, 3.8) is 0 Å². The van der Waals surface area contributed by atoms with E-state index in [4.69, 9.17) is 9.05 Å². The Hall–Kier alpha value is -3.48. The second-order valence-corrected chi connectivity index (χ2v) is 12.0. The van der Waals surface area contributed by atoms with Crippen molar-refractivity contribution in [2.24, 2.45) is 0 Å². The van der Waals surface area contributed by atoms with Crippen LogP contribution in [0, 0.1) is 0 Å². The Morgan fingerprint density at radius 3 is 1.40 bits per heavy atom. The van der Waals surface area contributed by atoms with E-state index in [1.165, 1.54) is 0 Å². The Morgan fingerprint density at radius 1 is 0.486 bits per heavy atom. The van der Waals surface area contributed by atoms with Crippen molar-refractivity contribution >= 4 is 37.1 Å². The first-order valence-corrected chi connectivity index (χ1v) is 14.3. The molecule has 5 aromatic carbocycles. The first-order chi connectivity index (χ1) is 17.2. The number of rotatable bonds is 8. The number of benzene rings is 5. The maximum absolute atomic E-state index is 11.9. The fourth-order valence-corrected chi connectivity index (χ4v) is 7.54. The minimum Gasteiger partial charge on any atom is -0.464 e. The standard InChI is InChI=1S/C30H25O3P2/c31-35(29-20-9-3-10-21-29,30-22-11-4-12-23-30)33-26-15-13-14-25(24-26)32-34(27-16-5-1-6-17-27)28-18-7-2-8-19-28/h1-24,31H/q+1. The molecule has 0 saturated carbocycles. The van der Waals surface area contributed by atoms with Gasteiger partial charge >= 0.3 is 7.72 Å². The summed E-state index contributed by atoms with van der Waals surface area (Å²) in [5.74, 6) is 1.25. The minimum absolute atomic E-state index is 0.558. The van der Waals surface area contributed by atoms with Crippen LogP contribution in [0.4, 0.5) is 0 Å². The van der Waals surface area contributed by atoms with Gasteiger partial charge in [0.05, 0.1) is 0 Å². The molecule has 0 fully saturated rings. The largest absolute Gasteiger partial charge is 0.464 e. The molecular weight excluding hydrogens is 470 g/mol. The molecule has 0 unspecified atom stereocenters. The first-order valence-electron chi connectivity index (χ1n) is 11.3. The molecule has 0 heterocycles. The maximum Gasteiger partial charge on any atom is 0.382 e. The molecule has 0 saturated heterocycles. The zero-order valence-electron chi connectivity index (χ0n) is 19.0. The van der Waals surface area contributed by atoms with Gasteiger partial charge in [-0.15, -0.1) is 0 Å². The Kier molecular flexibility index (Phi) is 7.21. The van der Waals surface area contributed by atoms with Crippen LogP contribution in [0.2, 0.25) is 0 Å². The second kappa shape index (κ2) is 10.8. The third kappa shape index (κ3) is 5.45. The highest BCUT2D eigenvalue weighted by Gasteiger charge is 2.45. The summed E-state index contributed by atoms with van der Waals surface area (Å²) in [7, 11) is -4.19. The lowest BCUT2D eigenvalue weighted by Gasteiger charge is -2.21. The Bertz CT molecular complexity index is 1270. The van der Waals surface area contributed by atoms with Crippen molar-refractivity contribution in [3.05, 3.63) is 146 Å². The monoisotopic (exact) mass is 495 g/mol. The van der Waals surface area contributed by atoms with Gasteiger partial charge in [-0.3, -0.25) is 0 Å². The lowest BCUT2D eigenvalue weighted by Crippen LogP contribution is -2.26. The molecular formula is C30H25O3P2+. The molecule has 0 spiro atoms. The van der Waals surface area contributed by atoms with Crippen molar-refractivity contribution in [1.29, 1.82) is 0 Å². The first kappa shape index (κ1) is 23.3. The van der Waals surface area contributed by atoms with Crippen molar-refractivity contribution < 1.29 is 13.9 Å². The fraction of sp³-hybridized carbons (Fsp3) is 0. The van der Waals surface area contributed by atoms with E-state index in [2.05, 4.69) is 24.3 Å². The Balaban J connectivity index is 1.48. The van der Waals surface area contributed by atoms with E-state index in [1.54, 1.807) is 0 Å². The predicted octanol–water partition coefficient (Wildman–Crippen LogP) is 5.98. The van der Waals surface area contributed by atoms with Crippen molar-refractivity contribution in [2.45, 2.75) is 0 Å². The quantitative estimate of drug-likeness (QED) is 0.269. The summed E-state index contributed by atoms with van der Waals surface area (Å²) in [5.41, 5.74) is 0. The average Bonchev–Trinajstić information content (AvgIpc) is 2.94. The van der Waals surface area contributed by atoms with Gasteiger partial charge in [-0.05, 0) is 36.4 Å². The fourth-order valence-electron chi connectivity index (χ4n) is 3.74. The van der Waals surface area contributed by atoms with E-state index in [0.29, 0.717) is 11.5 Å². The van der Waals surface area contributed by atoms with E-state index in [-0.39, 0.29) is 0 Å². The molecule has 0 aliphatic carbocycles. The molecule has 5 aromatic rings. The van der Waals surface area contributed by atoms with Crippen LogP contribution in [0.15, 0.2) is 146 Å². The lowest BCUT2D eigenvalue weighted by molar-refractivity contribution is 0.481. The van der Waals surface area contributed by atoms with E-state index < -0.39 is 15.9 Å². The van der Waals surface area contributed by atoms with Crippen molar-refractivity contribution in [1.82, 2.24) is 0 Å². The highest BCUT2D eigenvalue weighted by molar-refractivity contribution is 7.80. The van der Waals surface area contributed by atoms with E-state index in [9.17, 15) is 4.89 Å². The van der Waals surface area contributed by atoms with Crippen LogP contribution in [-0.2, 0) is 0 Å². The van der Waals surface area contributed by atoms with Crippen LogP contribution in [0.5, 0.6) is 11.5 Å². The molecule has 5 heteroatoms. The molecule has 5 rings (SSSR count). The van der Waals surface area contributed by atoms with Crippen LogP contribution in [-0.4, -0.2) is 4.89 Å². The summed E-state index contributed by atoms with van der Waals surface area (Å²) >= 11 is 0. The topological polar surface area (TPSA) is 38.7 Å². The van der Waals surface area contributed by atoms with Gasteiger partial charge in [-0.1, -0.05) is 103 Å². The van der Waals surface area contributed by atoms with Crippen molar-refractivity contribution in [2.75, 3.05) is 0 Å². The summed E-state index contributed by atoms with van der Waals surface area (Å²) in [6.45, 7) is 0. The molecule has 0 aliphatic heterocycles. The van der Waals surface area contributed by atoms with Gasteiger partial charge in [-0.2, -0.15) is 0 Å². The maximum atomic E-state index is 11.9. The normalized spacial score (nSPS) is 11.3. The van der Waals surface area contributed by atoms with Gasteiger partial charge in [0.1, 0.15) is 5.75 Å². The van der Waals surface area contributed by atoms with Gasteiger partial charge in [0.2, 0.25) is 0 Å². The molecule has 0 amide bonds. The zero-order valence-corrected chi connectivity index (χ0v) is 20.8. The van der Waals surface area contributed by atoms with Crippen molar-refractivity contribution in [3.8, 4) is 11.5 Å².